The highest BCUT2D eigenvalue weighted by Gasteiger charge is 2.39. The van der Waals surface area contributed by atoms with E-state index in [9.17, 15) is 18.0 Å². The molecule has 1 unspecified atom stereocenters. The Bertz CT molecular complexity index is 967. The lowest BCUT2D eigenvalue weighted by Gasteiger charge is -2.18. The molecule has 2 nitrogen and oxygen atoms in total. The zero-order valence-corrected chi connectivity index (χ0v) is 19.2. The highest BCUT2D eigenvalue weighted by atomic mass is 79.9. The van der Waals surface area contributed by atoms with Crippen molar-refractivity contribution in [3.8, 4) is 0 Å². The third-order valence-corrected chi connectivity index (χ3v) is 6.61. The van der Waals surface area contributed by atoms with Crippen molar-refractivity contribution in [2.45, 2.75) is 31.5 Å². The highest BCUT2D eigenvalue weighted by Crippen LogP contribution is 2.41. The van der Waals surface area contributed by atoms with E-state index >= 15 is 0 Å². The number of carbonyl (C=O) groups excluding carboxylic acids is 1. The lowest BCUT2D eigenvalue weighted by atomic mass is 9.97. The number of halogens is 7. The van der Waals surface area contributed by atoms with E-state index in [0.717, 1.165) is 24.5 Å². The van der Waals surface area contributed by atoms with Crippen LogP contribution in [0.3, 0.4) is 0 Å². The van der Waals surface area contributed by atoms with Gasteiger partial charge in [0.25, 0.3) is 0 Å². The van der Waals surface area contributed by atoms with E-state index in [4.69, 9.17) is 34.8 Å². The molecule has 0 spiro atoms. The molecule has 1 fully saturated rings. The maximum atomic E-state index is 13.6. The third-order valence-electron chi connectivity index (χ3n) is 4.68. The largest absolute Gasteiger partial charge is 0.399 e. The first-order valence-corrected chi connectivity index (χ1v) is 10.9. The summed E-state index contributed by atoms with van der Waals surface area (Å²) in [4.78, 5) is 11.8. The number of rotatable bonds is 6. The number of hydrogen-bond acceptors (Lipinski definition) is 1. The Balaban J connectivity index is 1.78. The Kier molecular flexibility index (Phi) is 7.44. The molecule has 2 aromatic carbocycles. The molecule has 9 heteroatoms. The monoisotopic (exact) mass is 539 g/mol. The fourth-order valence-electron chi connectivity index (χ4n) is 2.85. The molecule has 160 valence electrons. The molecule has 1 amide bonds. The number of carbonyl (C=O) groups is 1. The van der Waals surface area contributed by atoms with Crippen LogP contribution in [0.5, 0.6) is 0 Å². The molecular formula is C21H16BrCl3F3NO. The van der Waals surface area contributed by atoms with Crippen molar-refractivity contribution < 1.29 is 18.0 Å². The van der Waals surface area contributed by atoms with Crippen LogP contribution >= 0.6 is 50.7 Å². The van der Waals surface area contributed by atoms with Crippen LogP contribution in [-0.2, 0) is 11.3 Å². The van der Waals surface area contributed by atoms with Gasteiger partial charge in [-0.05, 0) is 47.7 Å². The van der Waals surface area contributed by atoms with E-state index in [-0.39, 0.29) is 32.5 Å². The average Bonchev–Trinajstić information content (AvgIpc) is 3.49. The van der Waals surface area contributed by atoms with Gasteiger partial charge in [-0.25, -0.2) is 0 Å². The molecule has 0 aromatic heterocycles. The first-order valence-electron chi connectivity index (χ1n) is 9.01. The van der Waals surface area contributed by atoms with E-state index in [1.165, 1.54) is 18.2 Å². The van der Waals surface area contributed by atoms with Crippen LogP contribution in [-0.4, -0.2) is 12.1 Å². The fourth-order valence-corrected chi connectivity index (χ4v) is 4.00. The number of nitrogens with one attached hydrogen (secondary N) is 1. The summed E-state index contributed by atoms with van der Waals surface area (Å²) in [6.07, 6.45) is -0.276. The van der Waals surface area contributed by atoms with Crippen molar-refractivity contribution in [3.05, 3.63) is 72.6 Å². The minimum atomic E-state index is -4.54. The fraction of sp³-hybridized carbons (Fsp3) is 0.286. The molecule has 0 heterocycles. The van der Waals surface area contributed by atoms with Crippen LogP contribution in [0.25, 0.3) is 6.08 Å². The summed E-state index contributed by atoms with van der Waals surface area (Å²) >= 11 is 21.1. The normalized spacial score (nSPS) is 15.4. The molecule has 3 rings (SSSR count). The second-order valence-electron chi connectivity index (χ2n) is 7.02. The van der Waals surface area contributed by atoms with Crippen LogP contribution in [0, 0.1) is 5.92 Å². The van der Waals surface area contributed by atoms with Crippen molar-refractivity contribution in [2.75, 3.05) is 0 Å². The minimum Gasteiger partial charge on any atom is -0.352 e. The average molecular weight is 542 g/mol. The van der Waals surface area contributed by atoms with Gasteiger partial charge >= 0.3 is 6.18 Å². The van der Waals surface area contributed by atoms with E-state index < -0.39 is 12.1 Å². The molecule has 2 aromatic rings. The van der Waals surface area contributed by atoms with Gasteiger partial charge in [-0.1, -0.05) is 75.0 Å². The smallest absolute Gasteiger partial charge is 0.352 e. The third kappa shape index (κ3) is 5.94. The maximum absolute atomic E-state index is 13.6. The molecule has 1 saturated carbocycles. The molecule has 0 radical (unpaired) electrons. The van der Waals surface area contributed by atoms with Crippen LogP contribution < -0.4 is 5.32 Å². The predicted octanol–water partition coefficient (Wildman–Crippen LogP) is 7.79. The Morgan fingerprint density at radius 1 is 1.17 bits per heavy atom. The summed E-state index contributed by atoms with van der Waals surface area (Å²) in [5.74, 6) is -1.76. The molecule has 1 N–H and O–H groups in total. The molecule has 0 saturated heterocycles. The van der Waals surface area contributed by atoms with Gasteiger partial charge in [0.1, 0.15) is 0 Å². The first kappa shape index (κ1) is 23.5. The second-order valence-corrected chi connectivity index (χ2v) is 9.07. The maximum Gasteiger partial charge on any atom is 0.399 e. The number of allylic oxidation sites excluding steroid dienone is 1. The van der Waals surface area contributed by atoms with Gasteiger partial charge < -0.3 is 5.32 Å². The van der Waals surface area contributed by atoms with E-state index in [2.05, 4.69) is 21.2 Å². The van der Waals surface area contributed by atoms with Crippen molar-refractivity contribution in [2.24, 2.45) is 5.92 Å². The SMILES string of the molecule is O=C(NCc1ccc(/C=C/C(c2cc(Cl)c(Cl)c(Cl)c2)C(F)(F)F)cc1Br)C1CC1. The summed E-state index contributed by atoms with van der Waals surface area (Å²) in [5, 5.41) is 2.79. The van der Waals surface area contributed by atoms with Gasteiger partial charge in [0.05, 0.1) is 21.0 Å². The Labute approximate surface area is 195 Å². The van der Waals surface area contributed by atoms with Crippen molar-refractivity contribution in [1.82, 2.24) is 5.32 Å². The Hall–Kier alpha value is -1.21. The van der Waals surface area contributed by atoms with E-state index in [1.54, 1.807) is 18.2 Å². The lowest BCUT2D eigenvalue weighted by Crippen LogP contribution is -2.24. The van der Waals surface area contributed by atoms with Crippen molar-refractivity contribution in [3.63, 3.8) is 0 Å². The molecule has 1 atom stereocenters. The number of alkyl halides is 3. The van der Waals surface area contributed by atoms with Crippen molar-refractivity contribution >= 4 is 62.7 Å². The molecule has 1 aliphatic carbocycles. The first-order chi connectivity index (χ1) is 14.1. The Morgan fingerprint density at radius 2 is 1.80 bits per heavy atom. The van der Waals surface area contributed by atoms with Crippen LogP contribution in [0.2, 0.25) is 15.1 Å². The lowest BCUT2D eigenvalue weighted by molar-refractivity contribution is -0.139. The van der Waals surface area contributed by atoms with E-state index in [0.29, 0.717) is 16.6 Å². The van der Waals surface area contributed by atoms with Gasteiger partial charge in [-0.15, -0.1) is 0 Å². The number of amides is 1. The van der Waals surface area contributed by atoms with Gasteiger partial charge in [-0.3, -0.25) is 4.79 Å². The molecule has 0 bridgehead atoms. The zero-order chi connectivity index (χ0) is 22.1. The summed E-state index contributed by atoms with van der Waals surface area (Å²) in [7, 11) is 0. The van der Waals surface area contributed by atoms with Crippen LogP contribution in [0.15, 0.2) is 40.9 Å². The van der Waals surface area contributed by atoms with Gasteiger partial charge in [0.2, 0.25) is 5.91 Å². The number of hydrogen-bond donors (Lipinski definition) is 1. The second kappa shape index (κ2) is 9.51. The summed E-state index contributed by atoms with van der Waals surface area (Å²) in [6.45, 7) is 0.354. The van der Waals surface area contributed by atoms with Gasteiger partial charge in [-0.2, -0.15) is 13.2 Å². The number of benzene rings is 2. The summed E-state index contributed by atoms with van der Waals surface area (Å²) in [5.41, 5.74) is 1.31. The van der Waals surface area contributed by atoms with Gasteiger partial charge in [0.15, 0.2) is 0 Å². The van der Waals surface area contributed by atoms with E-state index in [1.807, 2.05) is 0 Å². The molecular weight excluding hydrogens is 525 g/mol. The topological polar surface area (TPSA) is 29.1 Å². The van der Waals surface area contributed by atoms with Gasteiger partial charge in [0, 0.05) is 16.9 Å². The zero-order valence-electron chi connectivity index (χ0n) is 15.4. The highest BCUT2D eigenvalue weighted by molar-refractivity contribution is 9.10. The molecule has 1 aliphatic rings. The van der Waals surface area contributed by atoms with Crippen molar-refractivity contribution in [1.29, 1.82) is 0 Å². The standard InChI is InChI=1S/C21H16BrCl3F3NO/c22-16-7-11(1-3-13(16)10-29-20(30)12-4-5-12)2-6-15(21(26,27)28)14-8-17(23)19(25)18(24)9-14/h1-3,6-9,12,15H,4-5,10H2,(H,29,30)/b6-2+. The van der Waals surface area contributed by atoms with Crippen LogP contribution in [0.4, 0.5) is 13.2 Å². The summed E-state index contributed by atoms with van der Waals surface area (Å²) < 4.78 is 41.6. The van der Waals surface area contributed by atoms with Crippen LogP contribution in [0.1, 0.15) is 35.4 Å². The Morgan fingerprint density at radius 3 is 2.33 bits per heavy atom. The molecule has 30 heavy (non-hydrogen) atoms. The molecule has 0 aliphatic heterocycles. The predicted molar refractivity (Wildman–Crippen MR) is 118 cm³/mol. The quantitative estimate of drug-likeness (QED) is 0.372. The minimum absolute atomic E-state index is 0.0142. The summed E-state index contributed by atoms with van der Waals surface area (Å²) in [6, 6.07) is 7.48.